The van der Waals surface area contributed by atoms with Crippen molar-refractivity contribution in [1.82, 2.24) is 0 Å². The normalized spacial score (nSPS) is 13.7. The zero-order valence-corrected chi connectivity index (χ0v) is 30.2. The smallest absolute Gasteiger partial charge is 0.462 e. The predicted molar refractivity (Wildman–Crippen MR) is 187 cm³/mol. The van der Waals surface area contributed by atoms with Gasteiger partial charge in [0.2, 0.25) is 0 Å². The zero-order valence-electron chi connectivity index (χ0n) is 29.3. The van der Waals surface area contributed by atoms with Crippen LogP contribution in [0.3, 0.4) is 0 Å². The summed E-state index contributed by atoms with van der Waals surface area (Å²) in [5.74, 6) is -0.851. The van der Waals surface area contributed by atoms with E-state index in [4.69, 9.17) is 24.3 Å². The molecule has 0 aromatic carbocycles. The lowest BCUT2D eigenvalue weighted by Gasteiger charge is -2.19. The van der Waals surface area contributed by atoms with Gasteiger partial charge < -0.3 is 20.1 Å². The molecule has 0 saturated carbocycles. The Morgan fingerprint density at radius 3 is 1.59 bits per heavy atom. The molecule has 0 fully saturated rings. The molecule has 46 heavy (non-hydrogen) atoms. The van der Waals surface area contributed by atoms with Crippen molar-refractivity contribution in [2.75, 3.05) is 26.4 Å². The number of hydrogen-bond acceptors (Lipinski definition) is 8. The van der Waals surface area contributed by atoms with E-state index in [9.17, 15) is 19.0 Å². The van der Waals surface area contributed by atoms with Gasteiger partial charge in [-0.05, 0) is 64.2 Å². The van der Waals surface area contributed by atoms with Crippen molar-refractivity contribution in [1.29, 1.82) is 0 Å². The summed E-state index contributed by atoms with van der Waals surface area (Å²) >= 11 is 0. The first-order valence-electron chi connectivity index (χ1n) is 18.3. The second kappa shape index (κ2) is 33.4. The van der Waals surface area contributed by atoms with Crippen molar-refractivity contribution in [2.24, 2.45) is 5.73 Å². The molecule has 0 heterocycles. The number of esters is 2. The minimum absolute atomic E-state index is 0.0515. The van der Waals surface area contributed by atoms with Gasteiger partial charge in [-0.2, -0.15) is 0 Å². The van der Waals surface area contributed by atoms with Gasteiger partial charge >= 0.3 is 19.8 Å². The van der Waals surface area contributed by atoms with Crippen molar-refractivity contribution in [3.8, 4) is 0 Å². The van der Waals surface area contributed by atoms with Gasteiger partial charge in [0.1, 0.15) is 6.61 Å². The molecule has 0 rings (SSSR count). The molecular formula is C36H68NO8P. The molecule has 0 spiro atoms. The van der Waals surface area contributed by atoms with E-state index in [2.05, 4.69) is 38.2 Å². The van der Waals surface area contributed by atoms with Crippen LogP contribution in [0.25, 0.3) is 0 Å². The first-order chi connectivity index (χ1) is 22.3. The van der Waals surface area contributed by atoms with Crippen molar-refractivity contribution in [2.45, 2.75) is 168 Å². The highest BCUT2D eigenvalue weighted by atomic mass is 31.2. The zero-order chi connectivity index (χ0) is 34.0. The van der Waals surface area contributed by atoms with Crippen LogP contribution in [0.4, 0.5) is 0 Å². The van der Waals surface area contributed by atoms with E-state index in [1.54, 1.807) is 0 Å². The number of carbonyl (C=O) groups excluding carboxylic acids is 2. The van der Waals surface area contributed by atoms with Gasteiger partial charge in [0.15, 0.2) is 6.10 Å². The second-order valence-corrected chi connectivity index (χ2v) is 13.5. The van der Waals surface area contributed by atoms with E-state index < -0.39 is 32.5 Å². The lowest BCUT2D eigenvalue weighted by Crippen LogP contribution is -2.29. The maximum atomic E-state index is 12.5. The molecule has 0 aromatic rings. The van der Waals surface area contributed by atoms with E-state index in [1.165, 1.54) is 57.8 Å². The number of phosphoric ester groups is 1. The van der Waals surface area contributed by atoms with Gasteiger partial charge in [0.05, 0.1) is 13.2 Å². The van der Waals surface area contributed by atoms with Crippen LogP contribution >= 0.6 is 7.82 Å². The highest BCUT2D eigenvalue weighted by molar-refractivity contribution is 7.47. The lowest BCUT2D eigenvalue weighted by atomic mass is 10.1. The number of phosphoric acid groups is 1. The van der Waals surface area contributed by atoms with Crippen LogP contribution in [0.15, 0.2) is 24.3 Å². The fraction of sp³-hybridized carbons (Fsp3) is 0.833. The minimum Gasteiger partial charge on any atom is -0.462 e. The molecule has 0 aromatic heterocycles. The molecule has 2 atom stereocenters. The summed E-state index contributed by atoms with van der Waals surface area (Å²) in [5.41, 5.74) is 5.32. The molecule has 0 aliphatic rings. The first kappa shape index (κ1) is 44.5. The molecule has 0 amide bonds. The summed E-state index contributed by atoms with van der Waals surface area (Å²) in [6, 6.07) is 0. The average Bonchev–Trinajstić information content (AvgIpc) is 3.04. The Balaban J connectivity index is 4.28. The Morgan fingerprint density at radius 2 is 1.07 bits per heavy atom. The van der Waals surface area contributed by atoms with Crippen LogP contribution in [-0.2, 0) is 32.7 Å². The third-order valence-electron chi connectivity index (χ3n) is 7.56. The van der Waals surface area contributed by atoms with Crippen molar-refractivity contribution in [3.63, 3.8) is 0 Å². The fourth-order valence-electron chi connectivity index (χ4n) is 4.80. The summed E-state index contributed by atoms with van der Waals surface area (Å²) < 4.78 is 32.6. The van der Waals surface area contributed by atoms with Crippen LogP contribution < -0.4 is 5.73 Å². The van der Waals surface area contributed by atoms with E-state index in [0.29, 0.717) is 6.42 Å². The number of allylic oxidation sites excluding steroid dienone is 4. The first-order valence-corrected chi connectivity index (χ1v) is 19.8. The van der Waals surface area contributed by atoms with E-state index in [-0.39, 0.29) is 32.6 Å². The predicted octanol–water partition coefficient (Wildman–Crippen LogP) is 9.66. The molecular weight excluding hydrogens is 605 g/mol. The van der Waals surface area contributed by atoms with Gasteiger partial charge in [0, 0.05) is 19.4 Å². The molecule has 0 radical (unpaired) electrons. The number of unbranched alkanes of at least 4 members (excludes halogenated alkanes) is 17. The van der Waals surface area contributed by atoms with Crippen LogP contribution in [0, 0.1) is 0 Å². The quantitative estimate of drug-likeness (QED) is 0.0296. The molecule has 3 N–H and O–H groups in total. The Bertz CT molecular complexity index is 820. The highest BCUT2D eigenvalue weighted by Gasteiger charge is 2.25. The largest absolute Gasteiger partial charge is 0.472 e. The number of rotatable bonds is 34. The minimum atomic E-state index is -4.37. The molecule has 2 unspecified atom stereocenters. The fourth-order valence-corrected chi connectivity index (χ4v) is 5.56. The summed E-state index contributed by atoms with van der Waals surface area (Å²) in [5, 5.41) is 0. The summed E-state index contributed by atoms with van der Waals surface area (Å²) in [6.07, 6.45) is 32.0. The molecule has 0 saturated heterocycles. The Labute approximate surface area is 281 Å². The average molecular weight is 674 g/mol. The van der Waals surface area contributed by atoms with Gasteiger partial charge in [-0.3, -0.25) is 18.6 Å². The second-order valence-electron chi connectivity index (χ2n) is 12.1. The maximum absolute atomic E-state index is 12.5. The van der Waals surface area contributed by atoms with Gasteiger partial charge in [0.25, 0.3) is 0 Å². The van der Waals surface area contributed by atoms with Gasteiger partial charge in [-0.1, -0.05) is 109 Å². The molecule has 10 heteroatoms. The summed E-state index contributed by atoms with van der Waals surface area (Å²) in [7, 11) is -4.37. The van der Waals surface area contributed by atoms with Gasteiger partial charge in [-0.25, -0.2) is 4.57 Å². The number of nitrogens with two attached hydrogens (primary N) is 1. The van der Waals surface area contributed by atoms with Crippen molar-refractivity contribution < 1.29 is 37.6 Å². The van der Waals surface area contributed by atoms with Crippen molar-refractivity contribution >= 4 is 19.8 Å². The number of ether oxygens (including phenoxy) is 2. The SMILES string of the molecule is CCCCC/C=C\CCCCCCCC(=O)OCC(COP(=O)(O)OCCN)OC(=O)CCCCCCC/C=C\CCCCCC. The molecule has 270 valence electrons. The Kier molecular flexibility index (Phi) is 32.3. The van der Waals surface area contributed by atoms with Crippen LogP contribution in [0.5, 0.6) is 0 Å². The maximum Gasteiger partial charge on any atom is 0.472 e. The van der Waals surface area contributed by atoms with Crippen LogP contribution in [0.2, 0.25) is 0 Å². The topological polar surface area (TPSA) is 134 Å². The Morgan fingerprint density at radius 1 is 0.630 bits per heavy atom. The van der Waals surface area contributed by atoms with Crippen LogP contribution in [-0.4, -0.2) is 49.3 Å². The monoisotopic (exact) mass is 673 g/mol. The van der Waals surface area contributed by atoms with E-state index >= 15 is 0 Å². The molecule has 0 aliphatic carbocycles. The highest BCUT2D eigenvalue weighted by Crippen LogP contribution is 2.43. The third kappa shape index (κ3) is 32.4. The van der Waals surface area contributed by atoms with Gasteiger partial charge in [-0.15, -0.1) is 0 Å². The number of carbonyl (C=O) groups is 2. The molecule has 0 aliphatic heterocycles. The molecule has 9 nitrogen and oxygen atoms in total. The van der Waals surface area contributed by atoms with Crippen LogP contribution in [0.1, 0.15) is 162 Å². The summed E-state index contributed by atoms with van der Waals surface area (Å²) in [4.78, 5) is 34.6. The molecule has 0 bridgehead atoms. The summed E-state index contributed by atoms with van der Waals surface area (Å²) in [6.45, 7) is 3.65. The number of hydrogen-bond donors (Lipinski definition) is 2. The van der Waals surface area contributed by atoms with Crippen molar-refractivity contribution in [3.05, 3.63) is 24.3 Å². The standard InChI is InChI=1S/C36H68NO8P/c1-3-5-7-9-11-13-15-17-19-21-23-25-27-29-36(39)45-34(33-44-46(40,41)43-31-30-37)32-42-35(38)28-26-24-22-20-18-16-14-12-10-8-6-4-2/h12-15,34H,3-11,16-33,37H2,1-2H3,(H,40,41)/b14-12-,15-13-. The van der Waals surface area contributed by atoms with E-state index in [0.717, 1.165) is 70.6 Å². The third-order valence-corrected chi connectivity index (χ3v) is 8.54. The van der Waals surface area contributed by atoms with E-state index in [1.807, 2.05) is 0 Å². The lowest BCUT2D eigenvalue weighted by molar-refractivity contribution is -0.161. The Hall–Kier alpha value is -1.51.